The molecule has 1 aromatic rings. The lowest BCUT2D eigenvalue weighted by Crippen LogP contribution is -2.62. The third kappa shape index (κ3) is 9.50. The second-order valence-electron chi connectivity index (χ2n) is 16.8. The SMILES string of the molecule is CCCC(NC(=O)[C@@H]1CC2(CN1C(=O)[C@@H](NC(=O)[C@@H](NC(=O)c1cnccn1)C1CCCCC1)C(C)(C)C)N(CCC)CC(=O)N2C)C(=O)C(=O)NC1CC1. The first-order valence-corrected chi connectivity index (χ1v) is 20.0. The van der Waals surface area contributed by atoms with Gasteiger partial charge in [-0.15, -0.1) is 0 Å². The predicted molar refractivity (Wildman–Crippen MR) is 202 cm³/mol. The van der Waals surface area contributed by atoms with Gasteiger partial charge in [-0.2, -0.15) is 0 Å². The predicted octanol–water partition coefficient (Wildman–Crippen LogP) is 1.30. The van der Waals surface area contributed by atoms with E-state index in [0.29, 0.717) is 25.8 Å². The van der Waals surface area contributed by atoms with Crippen molar-refractivity contribution in [2.24, 2.45) is 11.3 Å². The van der Waals surface area contributed by atoms with Crippen molar-refractivity contribution in [1.29, 1.82) is 0 Å². The first-order chi connectivity index (χ1) is 26.1. The van der Waals surface area contributed by atoms with Gasteiger partial charge in [0.05, 0.1) is 25.3 Å². The number of nitrogens with one attached hydrogen (secondary N) is 4. The minimum Gasteiger partial charge on any atom is -0.347 e. The van der Waals surface area contributed by atoms with Crippen LogP contribution in [-0.4, -0.2) is 128 Å². The van der Waals surface area contributed by atoms with Crippen molar-refractivity contribution >= 4 is 41.2 Å². The molecule has 55 heavy (non-hydrogen) atoms. The van der Waals surface area contributed by atoms with Gasteiger partial charge in [0.1, 0.15) is 29.5 Å². The molecule has 0 aromatic carbocycles. The first kappa shape index (κ1) is 41.7. The minimum absolute atomic E-state index is 0.0152. The van der Waals surface area contributed by atoms with Gasteiger partial charge in [-0.05, 0) is 49.9 Å². The summed E-state index contributed by atoms with van der Waals surface area (Å²) in [6, 6.07) is -4.39. The molecule has 5 rings (SSSR count). The molecule has 6 amide bonds. The lowest BCUT2D eigenvalue weighted by molar-refractivity contribution is -0.145. The van der Waals surface area contributed by atoms with Crippen LogP contribution in [0.3, 0.4) is 0 Å². The molecule has 16 nitrogen and oxygen atoms in total. The summed E-state index contributed by atoms with van der Waals surface area (Å²) in [6.07, 6.45) is 11.5. The molecule has 302 valence electrons. The van der Waals surface area contributed by atoms with Gasteiger partial charge in [-0.1, -0.05) is 60.3 Å². The number of nitrogens with zero attached hydrogens (tertiary/aromatic N) is 5. The van der Waals surface area contributed by atoms with Gasteiger partial charge < -0.3 is 31.1 Å². The number of ketones is 1. The van der Waals surface area contributed by atoms with E-state index < -0.39 is 70.6 Å². The molecule has 0 bridgehead atoms. The number of aromatic nitrogens is 2. The Morgan fingerprint density at radius 2 is 1.65 bits per heavy atom. The number of likely N-dealkylation sites (tertiary alicyclic amines) is 1. The van der Waals surface area contributed by atoms with Gasteiger partial charge in [0.25, 0.3) is 11.8 Å². The number of likely N-dealkylation sites (N-methyl/N-ethyl adjacent to an activating group) is 1. The van der Waals surface area contributed by atoms with E-state index in [4.69, 9.17) is 0 Å². The smallest absolute Gasteiger partial charge is 0.289 e. The van der Waals surface area contributed by atoms with Gasteiger partial charge in [0.2, 0.25) is 29.4 Å². The molecule has 1 spiro atoms. The molecule has 2 unspecified atom stereocenters. The van der Waals surface area contributed by atoms with Crippen LogP contribution in [-0.2, 0) is 28.8 Å². The number of Topliss-reactive ketones (excluding diaryl/α,β-unsaturated/α-hetero) is 1. The van der Waals surface area contributed by atoms with E-state index in [1.807, 2.05) is 39.5 Å². The number of carbonyl (C=O) groups excluding carboxylic acids is 7. The molecular weight excluding hydrogens is 706 g/mol. The molecule has 0 radical (unpaired) electrons. The van der Waals surface area contributed by atoms with Crippen molar-refractivity contribution in [3.8, 4) is 0 Å². The Bertz CT molecular complexity index is 1610. The summed E-state index contributed by atoms with van der Waals surface area (Å²) in [5.41, 5.74) is -1.81. The van der Waals surface area contributed by atoms with Crippen LogP contribution >= 0.6 is 0 Å². The maximum Gasteiger partial charge on any atom is 0.289 e. The number of carbonyl (C=O) groups is 7. The Balaban J connectivity index is 1.45. The maximum atomic E-state index is 15.0. The van der Waals surface area contributed by atoms with Gasteiger partial charge in [-0.25, -0.2) is 4.98 Å². The highest BCUT2D eigenvalue weighted by Gasteiger charge is 2.60. The van der Waals surface area contributed by atoms with Crippen LogP contribution in [0.25, 0.3) is 0 Å². The standard InChI is InChI=1S/C39H59N9O7/c1-7-12-26(31(50)36(54)42-25-15-16-25)43-34(52)28-20-39(46(6)29(49)22-47(39)19-8-2)23-48(28)37(55)32(38(3,4)5)45-35(53)30(24-13-10-9-11-14-24)44-33(51)27-21-40-17-18-41-27/h17-18,21,24-26,28,30,32H,7-16,19-20,22-23H2,1-6H3,(H,42,54)(H,43,52)(H,44,51)(H,45,53)/t26?,28-,30-,32+,39?/m0/s1. The second kappa shape index (κ2) is 17.5. The van der Waals surface area contributed by atoms with E-state index in [1.54, 1.807) is 11.9 Å². The number of hydrogen-bond acceptors (Lipinski definition) is 10. The summed E-state index contributed by atoms with van der Waals surface area (Å²) in [5, 5.41) is 11.4. The highest BCUT2D eigenvalue weighted by Crippen LogP contribution is 2.40. The van der Waals surface area contributed by atoms with Gasteiger partial charge in [0.15, 0.2) is 0 Å². The zero-order chi connectivity index (χ0) is 40.1. The average Bonchev–Trinajstić information content (AvgIpc) is 3.84. The van der Waals surface area contributed by atoms with Crippen LogP contribution in [0, 0.1) is 11.3 Å². The molecule has 4 N–H and O–H groups in total. The molecule has 2 aliphatic carbocycles. The van der Waals surface area contributed by atoms with E-state index in [2.05, 4.69) is 31.2 Å². The fourth-order valence-electron chi connectivity index (χ4n) is 8.23. The van der Waals surface area contributed by atoms with E-state index in [1.165, 1.54) is 23.5 Å². The summed E-state index contributed by atoms with van der Waals surface area (Å²) in [4.78, 5) is 110. The largest absolute Gasteiger partial charge is 0.347 e. The second-order valence-corrected chi connectivity index (χ2v) is 16.8. The Kier molecular flexibility index (Phi) is 13.3. The van der Waals surface area contributed by atoms with Crippen LogP contribution in [0.2, 0.25) is 0 Å². The van der Waals surface area contributed by atoms with Gasteiger partial charge >= 0.3 is 0 Å². The Hall–Kier alpha value is -4.47. The summed E-state index contributed by atoms with van der Waals surface area (Å²) < 4.78 is 0. The molecule has 5 atom stereocenters. The quantitative estimate of drug-likeness (QED) is 0.189. The monoisotopic (exact) mass is 765 g/mol. The molecule has 4 fully saturated rings. The third-order valence-electron chi connectivity index (χ3n) is 11.5. The van der Waals surface area contributed by atoms with Crippen molar-refractivity contribution in [2.45, 2.75) is 141 Å². The molecule has 16 heteroatoms. The van der Waals surface area contributed by atoms with Crippen LogP contribution in [0.15, 0.2) is 18.6 Å². The topological polar surface area (TPSA) is 203 Å². The van der Waals surface area contributed by atoms with E-state index in [0.717, 1.165) is 38.5 Å². The average molecular weight is 766 g/mol. The minimum atomic E-state index is -1.15. The molecular formula is C39H59N9O7. The van der Waals surface area contributed by atoms with E-state index in [9.17, 15) is 28.8 Å². The molecule has 2 aliphatic heterocycles. The summed E-state index contributed by atoms with van der Waals surface area (Å²) in [7, 11) is 1.67. The summed E-state index contributed by atoms with van der Waals surface area (Å²) >= 11 is 0. The van der Waals surface area contributed by atoms with Crippen molar-refractivity contribution < 1.29 is 33.6 Å². The van der Waals surface area contributed by atoms with Crippen molar-refractivity contribution in [3.63, 3.8) is 0 Å². The summed E-state index contributed by atoms with van der Waals surface area (Å²) in [5.74, 6) is -4.04. The molecule has 1 aromatic heterocycles. The zero-order valence-corrected chi connectivity index (χ0v) is 33.2. The molecule has 4 aliphatic rings. The van der Waals surface area contributed by atoms with Crippen LogP contribution in [0.1, 0.15) is 116 Å². The highest BCUT2D eigenvalue weighted by atomic mass is 16.2. The Labute approximate surface area is 323 Å². The highest BCUT2D eigenvalue weighted by molar-refractivity contribution is 6.38. The van der Waals surface area contributed by atoms with E-state index in [-0.39, 0.29) is 49.5 Å². The van der Waals surface area contributed by atoms with Crippen LogP contribution in [0.4, 0.5) is 0 Å². The lowest BCUT2D eigenvalue weighted by atomic mass is 9.82. The fourth-order valence-corrected chi connectivity index (χ4v) is 8.23. The molecule has 3 heterocycles. The fraction of sp³-hybridized carbons (Fsp3) is 0.718. The zero-order valence-electron chi connectivity index (χ0n) is 33.2. The Morgan fingerprint density at radius 3 is 2.25 bits per heavy atom. The number of amides is 6. The van der Waals surface area contributed by atoms with Crippen molar-refractivity contribution in [3.05, 3.63) is 24.3 Å². The maximum absolute atomic E-state index is 15.0. The molecule has 2 saturated carbocycles. The van der Waals surface area contributed by atoms with E-state index >= 15 is 4.79 Å². The normalized spacial score (nSPS) is 23.6. The van der Waals surface area contributed by atoms with Crippen LogP contribution in [0.5, 0.6) is 0 Å². The van der Waals surface area contributed by atoms with Crippen molar-refractivity contribution in [2.75, 3.05) is 26.7 Å². The van der Waals surface area contributed by atoms with Gasteiger partial charge in [-0.3, -0.25) is 43.4 Å². The third-order valence-corrected chi connectivity index (χ3v) is 11.5. The van der Waals surface area contributed by atoms with Gasteiger partial charge in [0, 0.05) is 38.4 Å². The number of rotatable bonds is 15. The van der Waals surface area contributed by atoms with Crippen molar-refractivity contribution in [1.82, 2.24) is 45.9 Å². The molecule has 2 saturated heterocycles. The Morgan fingerprint density at radius 1 is 0.945 bits per heavy atom. The summed E-state index contributed by atoms with van der Waals surface area (Å²) in [6.45, 7) is 9.92. The first-order valence-electron chi connectivity index (χ1n) is 20.0. The lowest BCUT2D eigenvalue weighted by Gasteiger charge is -2.40. The van der Waals surface area contributed by atoms with Crippen LogP contribution < -0.4 is 21.3 Å². The number of hydrogen-bond donors (Lipinski definition) is 4.